The third-order valence-electron chi connectivity index (χ3n) is 2.90. The van der Waals surface area contributed by atoms with Gasteiger partial charge in [0.05, 0.1) is 20.6 Å². The second kappa shape index (κ2) is 5.61. The molecule has 0 radical (unpaired) electrons. The van der Waals surface area contributed by atoms with Crippen LogP contribution in [0.15, 0.2) is 36.1 Å². The van der Waals surface area contributed by atoms with Gasteiger partial charge in [0.1, 0.15) is 17.3 Å². The summed E-state index contributed by atoms with van der Waals surface area (Å²) in [6.07, 6.45) is 3.60. The van der Waals surface area contributed by atoms with Crippen molar-refractivity contribution in [1.29, 1.82) is 0 Å². The Morgan fingerprint density at radius 1 is 1.21 bits per heavy atom. The van der Waals surface area contributed by atoms with Crippen molar-refractivity contribution in [3.05, 3.63) is 47.2 Å². The normalized spacial score (nSPS) is 15.0. The minimum Gasteiger partial charge on any atom is -0.497 e. The van der Waals surface area contributed by atoms with Gasteiger partial charge in [-0.25, -0.2) is 0 Å². The zero-order valence-electron chi connectivity index (χ0n) is 11.2. The fourth-order valence-electron chi connectivity index (χ4n) is 1.82. The van der Waals surface area contributed by atoms with E-state index >= 15 is 0 Å². The van der Waals surface area contributed by atoms with Crippen LogP contribution in [0.25, 0.3) is 5.76 Å². The molecule has 1 heterocycles. The molecule has 0 saturated heterocycles. The van der Waals surface area contributed by atoms with Crippen molar-refractivity contribution in [2.24, 2.45) is 0 Å². The Morgan fingerprint density at radius 2 is 2.00 bits per heavy atom. The molecule has 1 aromatic carbocycles. The van der Waals surface area contributed by atoms with E-state index in [1.165, 1.54) is 0 Å². The van der Waals surface area contributed by atoms with Crippen molar-refractivity contribution in [3.63, 3.8) is 0 Å². The number of cyclic esters (lactones) is 1. The fourth-order valence-corrected chi connectivity index (χ4v) is 1.82. The highest BCUT2D eigenvalue weighted by atomic mass is 16.5. The number of carbonyl (C=O) groups excluding carboxylic acids is 1. The topological polar surface area (TPSA) is 44.8 Å². The molecular weight excluding hydrogens is 244 g/mol. The van der Waals surface area contributed by atoms with Gasteiger partial charge in [-0.1, -0.05) is 12.1 Å². The fraction of sp³-hybridized carbons (Fsp3) is 0.267. The van der Waals surface area contributed by atoms with Crippen LogP contribution in [0.1, 0.15) is 17.5 Å². The van der Waals surface area contributed by atoms with Gasteiger partial charge in [-0.2, -0.15) is 0 Å². The van der Waals surface area contributed by atoms with E-state index < -0.39 is 0 Å². The molecule has 4 heteroatoms. The van der Waals surface area contributed by atoms with Gasteiger partial charge in [-0.05, 0) is 24.6 Å². The molecule has 2 rings (SSSR count). The first-order valence-electron chi connectivity index (χ1n) is 5.95. The lowest BCUT2D eigenvalue weighted by atomic mass is 10.1. The SMILES string of the molecule is COC1=CCC(=O)OC(c2ccc(C)c(OC)c2)=C1. The summed E-state index contributed by atoms with van der Waals surface area (Å²) in [5.41, 5.74) is 1.80. The van der Waals surface area contributed by atoms with Gasteiger partial charge in [0, 0.05) is 11.6 Å². The summed E-state index contributed by atoms with van der Waals surface area (Å²) in [5, 5.41) is 0. The number of ether oxygens (including phenoxy) is 3. The number of carbonyl (C=O) groups is 1. The number of esters is 1. The zero-order chi connectivity index (χ0) is 13.8. The molecule has 100 valence electrons. The smallest absolute Gasteiger partial charge is 0.315 e. The van der Waals surface area contributed by atoms with Crippen LogP contribution in [-0.2, 0) is 14.3 Å². The lowest BCUT2D eigenvalue weighted by molar-refractivity contribution is -0.135. The number of aryl methyl sites for hydroxylation is 1. The molecule has 0 unspecified atom stereocenters. The van der Waals surface area contributed by atoms with Gasteiger partial charge in [-0.3, -0.25) is 4.79 Å². The molecular formula is C15H16O4. The highest BCUT2D eigenvalue weighted by Crippen LogP contribution is 2.27. The summed E-state index contributed by atoms with van der Waals surface area (Å²) in [6, 6.07) is 5.65. The molecule has 0 atom stereocenters. The summed E-state index contributed by atoms with van der Waals surface area (Å²) >= 11 is 0. The predicted octanol–water partition coefficient (Wildman–Crippen LogP) is 2.82. The minimum absolute atomic E-state index is 0.201. The maximum Gasteiger partial charge on any atom is 0.315 e. The van der Waals surface area contributed by atoms with Crippen LogP contribution >= 0.6 is 0 Å². The van der Waals surface area contributed by atoms with Crippen LogP contribution in [0.5, 0.6) is 5.75 Å². The summed E-state index contributed by atoms with van der Waals surface area (Å²) in [5.74, 6) is 1.52. The molecule has 0 bridgehead atoms. The first kappa shape index (κ1) is 13.2. The number of benzene rings is 1. The maximum atomic E-state index is 11.6. The summed E-state index contributed by atoms with van der Waals surface area (Å²) < 4.78 is 15.8. The highest BCUT2D eigenvalue weighted by molar-refractivity contribution is 5.81. The number of allylic oxidation sites excluding steroid dienone is 1. The average Bonchev–Trinajstić information content (AvgIpc) is 2.61. The van der Waals surface area contributed by atoms with E-state index in [9.17, 15) is 4.79 Å². The third-order valence-corrected chi connectivity index (χ3v) is 2.90. The van der Waals surface area contributed by atoms with Crippen LogP contribution in [0.3, 0.4) is 0 Å². The molecule has 1 aromatic rings. The molecule has 1 aliphatic rings. The van der Waals surface area contributed by atoms with E-state index in [0.29, 0.717) is 11.5 Å². The molecule has 0 spiro atoms. The van der Waals surface area contributed by atoms with Crippen LogP contribution in [-0.4, -0.2) is 20.2 Å². The van der Waals surface area contributed by atoms with Crippen molar-refractivity contribution in [2.75, 3.05) is 14.2 Å². The van der Waals surface area contributed by atoms with Gasteiger partial charge >= 0.3 is 5.97 Å². The van der Waals surface area contributed by atoms with Crippen LogP contribution < -0.4 is 4.74 Å². The summed E-state index contributed by atoms with van der Waals surface area (Å²) in [6.45, 7) is 1.95. The van der Waals surface area contributed by atoms with Crippen molar-refractivity contribution < 1.29 is 19.0 Å². The maximum absolute atomic E-state index is 11.6. The standard InChI is InChI=1S/C15H16O4/c1-10-4-5-11(8-13(10)18-3)14-9-12(17-2)6-7-15(16)19-14/h4-6,8-9H,7H2,1-3H3. The summed E-state index contributed by atoms with van der Waals surface area (Å²) in [7, 11) is 3.17. The molecule has 0 aromatic heterocycles. The molecule has 0 saturated carbocycles. The van der Waals surface area contributed by atoms with E-state index in [0.717, 1.165) is 16.9 Å². The quantitative estimate of drug-likeness (QED) is 0.784. The van der Waals surface area contributed by atoms with Crippen LogP contribution in [0.2, 0.25) is 0 Å². The largest absolute Gasteiger partial charge is 0.497 e. The van der Waals surface area contributed by atoms with Gasteiger partial charge in [0.15, 0.2) is 0 Å². The highest BCUT2D eigenvalue weighted by Gasteiger charge is 2.15. The molecule has 0 aliphatic carbocycles. The Balaban J connectivity index is 2.41. The van der Waals surface area contributed by atoms with Crippen molar-refractivity contribution >= 4 is 11.7 Å². The van der Waals surface area contributed by atoms with Crippen molar-refractivity contribution in [1.82, 2.24) is 0 Å². The molecule has 0 N–H and O–H groups in total. The van der Waals surface area contributed by atoms with Gasteiger partial charge in [-0.15, -0.1) is 0 Å². The predicted molar refractivity (Wildman–Crippen MR) is 71.5 cm³/mol. The molecule has 1 aliphatic heterocycles. The van der Waals surface area contributed by atoms with Crippen molar-refractivity contribution in [2.45, 2.75) is 13.3 Å². The Morgan fingerprint density at radius 3 is 2.68 bits per heavy atom. The van der Waals surface area contributed by atoms with Crippen LogP contribution in [0.4, 0.5) is 0 Å². The number of hydrogen-bond donors (Lipinski definition) is 0. The van der Waals surface area contributed by atoms with Gasteiger partial charge in [0.25, 0.3) is 0 Å². The molecule has 0 amide bonds. The lowest BCUT2D eigenvalue weighted by Gasteiger charge is -2.10. The second-order valence-corrected chi connectivity index (χ2v) is 4.18. The van der Waals surface area contributed by atoms with E-state index in [1.54, 1.807) is 26.4 Å². The van der Waals surface area contributed by atoms with Crippen LogP contribution in [0, 0.1) is 6.92 Å². The average molecular weight is 260 g/mol. The van der Waals surface area contributed by atoms with E-state index in [1.807, 2.05) is 25.1 Å². The third kappa shape index (κ3) is 2.96. The zero-order valence-corrected chi connectivity index (χ0v) is 11.2. The monoisotopic (exact) mass is 260 g/mol. The first-order chi connectivity index (χ1) is 9.13. The van der Waals surface area contributed by atoms with E-state index in [2.05, 4.69) is 0 Å². The number of methoxy groups -OCH3 is 2. The number of rotatable bonds is 3. The minimum atomic E-state index is -0.308. The second-order valence-electron chi connectivity index (χ2n) is 4.18. The molecule has 19 heavy (non-hydrogen) atoms. The first-order valence-corrected chi connectivity index (χ1v) is 5.95. The Hall–Kier alpha value is -2.23. The Labute approximate surface area is 112 Å². The van der Waals surface area contributed by atoms with Gasteiger partial charge in [0.2, 0.25) is 0 Å². The van der Waals surface area contributed by atoms with E-state index in [4.69, 9.17) is 14.2 Å². The van der Waals surface area contributed by atoms with E-state index in [-0.39, 0.29) is 12.4 Å². The Bertz CT molecular complexity index is 555. The number of hydrogen-bond acceptors (Lipinski definition) is 4. The molecule has 4 nitrogen and oxygen atoms in total. The summed E-state index contributed by atoms with van der Waals surface area (Å²) in [4.78, 5) is 11.6. The lowest BCUT2D eigenvalue weighted by Crippen LogP contribution is -2.01. The molecule has 0 fully saturated rings. The van der Waals surface area contributed by atoms with Crippen molar-refractivity contribution in [3.8, 4) is 5.75 Å². The van der Waals surface area contributed by atoms with Gasteiger partial charge < -0.3 is 14.2 Å². The Kier molecular flexibility index (Phi) is 3.90.